The summed E-state index contributed by atoms with van der Waals surface area (Å²) in [4.78, 5) is 25.8. The number of alkyl halides is 3. The molecule has 1 aliphatic heterocycles. The molecular formula is C20H20F3N3O2. The first-order valence-electron chi connectivity index (χ1n) is 8.91. The molecule has 2 N–H and O–H groups in total. The molecule has 5 nitrogen and oxygen atoms in total. The average molecular weight is 391 g/mol. The first-order valence-corrected chi connectivity index (χ1v) is 8.91. The molecule has 3 rings (SSSR count). The Labute approximate surface area is 160 Å². The van der Waals surface area contributed by atoms with Gasteiger partial charge in [-0.15, -0.1) is 0 Å². The molecule has 0 bridgehead atoms. The van der Waals surface area contributed by atoms with Crippen LogP contribution in [0.15, 0.2) is 54.6 Å². The number of hydrogen-bond donors (Lipinski definition) is 2. The van der Waals surface area contributed by atoms with E-state index in [1.165, 1.54) is 29.2 Å². The highest BCUT2D eigenvalue weighted by molar-refractivity contribution is 5.95. The number of anilines is 2. The van der Waals surface area contributed by atoms with E-state index >= 15 is 0 Å². The molecule has 28 heavy (non-hydrogen) atoms. The van der Waals surface area contributed by atoms with Gasteiger partial charge in [0.15, 0.2) is 0 Å². The van der Waals surface area contributed by atoms with Crippen LogP contribution in [0.5, 0.6) is 0 Å². The van der Waals surface area contributed by atoms with Gasteiger partial charge in [-0.1, -0.05) is 36.4 Å². The predicted molar refractivity (Wildman–Crippen MR) is 100 cm³/mol. The summed E-state index contributed by atoms with van der Waals surface area (Å²) in [5, 5.41) is 5.24. The summed E-state index contributed by atoms with van der Waals surface area (Å²) in [6.45, 7) is 1.14. The van der Waals surface area contributed by atoms with Crippen molar-refractivity contribution >= 4 is 23.3 Å². The van der Waals surface area contributed by atoms with Crippen molar-refractivity contribution in [2.45, 2.75) is 24.9 Å². The summed E-state index contributed by atoms with van der Waals surface area (Å²) in [6.07, 6.45) is -4.47. The average Bonchev–Trinajstić information content (AvgIpc) is 2.66. The second-order valence-corrected chi connectivity index (χ2v) is 6.54. The van der Waals surface area contributed by atoms with Crippen LogP contribution < -0.4 is 15.5 Å². The number of urea groups is 1. The van der Waals surface area contributed by atoms with Crippen LogP contribution in [0.3, 0.4) is 0 Å². The normalized spacial score (nSPS) is 15.7. The van der Waals surface area contributed by atoms with Gasteiger partial charge in [0, 0.05) is 30.9 Å². The van der Waals surface area contributed by atoms with Crippen molar-refractivity contribution in [3.8, 4) is 0 Å². The monoisotopic (exact) mass is 391 g/mol. The van der Waals surface area contributed by atoms with E-state index in [2.05, 4.69) is 10.6 Å². The van der Waals surface area contributed by atoms with Gasteiger partial charge in [-0.2, -0.15) is 13.2 Å². The number of hydrogen-bond acceptors (Lipinski definition) is 2. The molecule has 0 radical (unpaired) electrons. The lowest BCUT2D eigenvalue weighted by molar-refractivity contribution is -0.155. The molecule has 1 saturated heterocycles. The van der Waals surface area contributed by atoms with Gasteiger partial charge in [-0.25, -0.2) is 4.79 Å². The van der Waals surface area contributed by atoms with Crippen molar-refractivity contribution in [1.29, 1.82) is 0 Å². The van der Waals surface area contributed by atoms with Crippen molar-refractivity contribution in [3.05, 3.63) is 60.2 Å². The van der Waals surface area contributed by atoms with E-state index in [4.69, 9.17) is 0 Å². The number of nitrogens with one attached hydrogen (secondary N) is 2. The van der Waals surface area contributed by atoms with Crippen LogP contribution in [0.2, 0.25) is 0 Å². The Morgan fingerprint density at radius 3 is 2.57 bits per heavy atom. The molecule has 2 aromatic rings. The van der Waals surface area contributed by atoms with Crippen molar-refractivity contribution < 1.29 is 22.8 Å². The lowest BCUT2D eigenvalue weighted by Gasteiger charge is -2.27. The smallest absolute Gasteiger partial charge is 0.338 e. The number of halogens is 3. The third-order valence-corrected chi connectivity index (χ3v) is 4.51. The third kappa shape index (κ3) is 4.82. The van der Waals surface area contributed by atoms with E-state index in [9.17, 15) is 22.8 Å². The van der Waals surface area contributed by atoms with E-state index in [1.807, 2.05) is 0 Å². The molecule has 0 aromatic heterocycles. The van der Waals surface area contributed by atoms with E-state index in [1.54, 1.807) is 30.3 Å². The molecular weight excluding hydrogens is 371 g/mol. The number of benzene rings is 2. The molecule has 148 valence electrons. The third-order valence-electron chi connectivity index (χ3n) is 4.51. The van der Waals surface area contributed by atoms with Crippen LogP contribution in [0.1, 0.15) is 24.3 Å². The second kappa shape index (κ2) is 8.33. The Morgan fingerprint density at radius 1 is 1.14 bits per heavy atom. The summed E-state index contributed by atoms with van der Waals surface area (Å²) in [7, 11) is 0. The fourth-order valence-electron chi connectivity index (χ4n) is 3.13. The SMILES string of the molecule is O=C(C[C@@H](c1ccccc1)C(F)(F)F)Nc1cccc(N2CCCNC2=O)c1. The summed E-state index contributed by atoms with van der Waals surface area (Å²) in [5.41, 5.74) is 0.962. The summed E-state index contributed by atoms with van der Waals surface area (Å²) >= 11 is 0. The number of carbonyl (C=O) groups is 2. The minimum absolute atomic E-state index is 0.0453. The standard InChI is InChI=1S/C20H20F3N3O2/c21-20(22,23)17(14-6-2-1-3-7-14)13-18(27)25-15-8-4-9-16(12-15)26-11-5-10-24-19(26)28/h1-4,6-9,12,17H,5,10-11,13H2,(H,24,28)(H,25,27)/t17-/m0/s1. The Bertz CT molecular complexity index is 840. The van der Waals surface area contributed by atoms with Crippen LogP contribution in [0.4, 0.5) is 29.3 Å². The highest BCUT2D eigenvalue weighted by atomic mass is 19.4. The molecule has 0 saturated carbocycles. The van der Waals surface area contributed by atoms with Gasteiger partial charge in [0.25, 0.3) is 0 Å². The largest absolute Gasteiger partial charge is 0.396 e. The zero-order valence-electron chi connectivity index (χ0n) is 15.0. The fraction of sp³-hybridized carbons (Fsp3) is 0.300. The van der Waals surface area contributed by atoms with Gasteiger partial charge in [-0.05, 0) is 30.2 Å². The Morgan fingerprint density at radius 2 is 1.89 bits per heavy atom. The molecule has 0 unspecified atom stereocenters. The topological polar surface area (TPSA) is 61.4 Å². The number of carbonyl (C=O) groups excluding carboxylic acids is 2. The summed E-state index contributed by atoms with van der Waals surface area (Å²) in [5.74, 6) is -2.63. The van der Waals surface area contributed by atoms with Crippen LogP contribution in [0.25, 0.3) is 0 Å². The number of rotatable bonds is 5. The van der Waals surface area contributed by atoms with Gasteiger partial charge in [-0.3, -0.25) is 9.69 Å². The quantitative estimate of drug-likeness (QED) is 0.799. The maximum absolute atomic E-state index is 13.4. The van der Waals surface area contributed by atoms with Gasteiger partial charge in [0.2, 0.25) is 5.91 Å². The summed E-state index contributed by atoms with van der Waals surface area (Å²) in [6, 6.07) is 13.6. The molecule has 1 aliphatic rings. The van der Waals surface area contributed by atoms with Gasteiger partial charge < -0.3 is 10.6 Å². The highest BCUT2D eigenvalue weighted by Crippen LogP contribution is 2.37. The molecule has 3 amide bonds. The molecule has 1 atom stereocenters. The van der Waals surface area contributed by atoms with Crippen molar-refractivity contribution in [3.63, 3.8) is 0 Å². The van der Waals surface area contributed by atoms with Crippen LogP contribution >= 0.6 is 0 Å². The molecule has 0 aliphatic carbocycles. The van der Waals surface area contributed by atoms with Crippen molar-refractivity contribution in [1.82, 2.24) is 5.32 Å². The molecule has 8 heteroatoms. The zero-order valence-corrected chi connectivity index (χ0v) is 15.0. The minimum Gasteiger partial charge on any atom is -0.338 e. The zero-order chi connectivity index (χ0) is 20.1. The van der Waals surface area contributed by atoms with E-state index < -0.39 is 24.4 Å². The number of amides is 3. The van der Waals surface area contributed by atoms with E-state index in [-0.39, 0.29) is 11.6 Å². The van der Waals surface area contributed by atoms with Gasteiger partial charge >= 0.3 is 12.2 Å². The first-order chi connectivity index (χ1) is 13.3. The van der Waals surface area contributed by atoms with Crippen LogP contribution in [-0.2, 0) is 4.79 Å². The maximum Gasteiger partial charge on any atom is 0.396 e. The minimum atomic E-state index is -4.54. The molecule has 1 fully saturated rings. The Hall–Kier alpha value is -3.03. The summed E-state index contributed by atoms with van der Waals surface area (Å²) < 4.78 is 40.3. The second-order valence-electron chi connectivity index (χ2n) is 6.54. The first kappa shape index (κ1) is 19.7. The highest BCUT2D eigenvalue weighted by Gasteiger charge is 2.41. The number of nitrogens with zero attached hydrogens (tertiary/aromatic N) is 1. The van der Waals surface area contributed by atoms with Crippen LogP contribution in [-0.4, -0.2) is 31.2 Å². The van der Waals surface area contributed by atoms with Gasteiger partial charge in [0.05, 0.1) is 5.92 Å². The van der Waals surface area contributed by atoms with Gasteiger partial charge in [0.1, 0.15) is 0 Å². The lowest BCUT2D eigenvalue weighted by atomic mass is 9.94. The van der Waals surface area contributed by atoms with Crippen LogP contribution in [0, 0.1) is 0 Å². The fourth-order valence-corrected chi connectivity index (χ4v) is 3.13. The molecule has 1 heterocycles. The lowest BCUT2D eigenvalue weighted by Crippen LogP contribution is -2.46. The van der Waals surface area contributed by atoms with Crippen molar-refractivity contribution in [2.75, 3.05) is 23.3 Å². The predicted octanol–water partition coefficient (Wildman–Crippen LogP) is 4.28. The Balaban J connectivity index is 1.72. The molecule has 2 aromatic carbocycles. The van der Waals surface area contributed by atoms with E-state index in [0.717, 1.165) is 6.42 Å². The maximum atomic E-state index is 13.4. The van der Waals surface area contributed by atoms with E-state index in [0.29, 0.717) is 24.5 Å². The molecule has 0 spiro atoms. The van der Waals surface area contributed by atoms with Crippen molar-refractivity contribution in [2.24, 2.45) is 0 Å². The Kier molecular flexibility index (Phi) is 5.87.